The third-order valence-corrected chi connectivity index (χ3v) is 5.57. The summed E-state index contributed by atoms with van der Waals surface area (Å²) in [6, 6.07) is 9.79. The van der Waals surface area contributed by atoms with Crippen LogP contribution in [0.1, 0.15) is 55.5 Å². The van der Waals surface area contributed by atoms with Crippen molar-refractivity contribution in [1.82, 2.24) is 15.6 Å². The molecule has 2 unspecified atom stereocenters. The van der Waals surface area contributed by atoms with Gasteiger partial charge in [-0.15, -0.1) is 0 Å². The Hall–Kier alpha value is -3.36. The largest absolute Gasteiger partial charge is 0.465 e. The Kier molecular flexibility index (Phi) is 6.62. The van der Waals surface area contributed by atoms with Crippen molar-refractivity contribution in [3.8, 4) is 0 Å². The minimum atomic E-state index is -1.13. The summed E-state index contributed by atoms with van der Waals surface area (Å²) < 4.78 is 14.8. The number of nitrogen functional groups attached to an aromatic ring is 1. The molecule has 0 saturated heterocycles. The summed E-state index contributed by atoms with van der Waals surface area (Å²) in [7, 11) is 0. The van der Waals surface area contributed by atoms with Gasteiger partial charge in [-0.1, -0.05) is 43.2 Å². The van der Waals surface area contributed by atoms with Crippen LogP contribution in [0.4, 0.5) is 20.8 Å². The molecule has 2 atom stereocenters. The third kappa shape index (κ3) is 5.42. The minimum Gasteiger partial charge on any atom is -0.465 e. The number of carboxylic acid groups (broad SMARTS) is 1. The number of pyridine rings is 1. The molecule has 2 amide bonds. The molecule has 31 heavy (non-hydrogen) atoms. The molecule has 0 spiro atoms. The number of nitrogens with two attached hydrogens (primary N) is 1. The van der Waals surface area contributed by atoms with E-state index in [9.17, 15) is 14.0 Å². The fraction of sp³-hybridized carbons (Fsp3) is 0.409. The van der Waals surface area contributed by atoms with E-state index in [-0.39, 0.29) is 29.3 Å². The fourth-order valence-corrected chi connectivity index (χ4v) is 3.87. The van der Waals surface area contributed by atoms with Gasteiger partial charge < -0.3 is 26.8 Å². The van der Waals surface area contributed by atoms with Gasteiger partial charge in [0.1, 0.15) is 5.82 Å². The molecule has 1 aromatic heterocycles. The smallest absolute Gasteiger partial charge is 0.404 e. The van der Waals surface area contributed by atoms with Crippen LogP contribution < -0.4 is 21.7 Å². The Morgan fingerprint density at radius 3 is 2.45 bits per heavy atom. The molecule has 1 fully saturated rings. The number of nitrogens with one attached hydrogen (secondary N) is 3. The Morgan fingerprint density at radius 2 is 1.81 bits per heavy atom. The maximum atomic E-state index is 14.8. The Balaban J connectivity index is 1.76. The first-order chi connectivity index (χ1) is 14.7. The lowest BCUT2D eigenvalue weighted by molar-refractivity contribution is 0.0912. The zero-order valence-corrected chi connectivity index (χ0v) is 17.6. The van der Waals surface area contributed by atoms with Crippen LogP contribution in [0.15, 0.2) is 36.4 Å². The molecule has 9 heteroatoms. The van der Waals surface area contributed by atoms with Gasteiger partial charge in [0.05, 0.1) is 17.1 Å². The standard InChI is InChI=1S/C22H28FN5O3/c1-22(2,13-8-4-3-5-9-13)28-20(29)14-12-15(23)19(27-18(14)24)25-16-10-6-7-11-17(16)26-21(30)31/h3-5,8-9,12,16-17,26H,6-7,10-11H2,1-2H3,(H,28,29)(H,30,31)(H3,24,25,27). The van der Waals surface area contributed by atoms with Crippen LogP contribution in [0.25, 0.3) is 0 Å². The highest BCUT2D eigenvalue weighted by atomic mass is 19.1. The van der Waals surface area contributed by atoms with Crippen molar-refractivity contribution in [1.29, 1.82) is 0 Å². The first kappa shape index (κ1) is 22.3. The summed E-state index contributed by atoms with van der Waals surface area (Å²) in [5.41, 5.74) is 6.11. The van der Waals surface area contributed by atoms with E-state index in [1.165, 1.54) is 0 Å². The topological polar surface area (TPSA) is 129 Å². The van der Waals surface area contributed by atoms with Crippen LogP contribution in [0.2, 0.25) is 0 Å². The number of benzene rings is 1. The van der Waals surface area contributed by atoms with Gasteiger partial charge in [0, 0.05) is 6.04 Å². The highest BCUT2D eigenvalue weighted by molar-refractivity contribution is 5.99. The van der Waals surface area contributed by atoms with Gasteiger partial charge in [-0.3, -0.25) is 4.79 Å². The predicted molar refractivity (Wildman–Crippen MR) is 116 cm³/mol. The number of carbonyl (C=O) groups is 2. The van der Waals surface area contributed by atoms with Gasteiger partial charge in [0.2, 0.25) is 0 Å². The summed E-state index contributed by atoms with van der Waals surface area (Å²) in [6.07, 6.45) is 1.97. The van der Waals surface area contributed by atoms with Crippen molar-refractivity contribution in [2.24, 2.45) is 0 Å². The van der Waals surface area contributed by atoms with E-state index in [1.54, 1.807) is 0 Å². The molecule has 1 heterocycles. The van der Waals surface area contributed by atoms with E-state index < -0.39 is 23.4 Å². The highest BCUT2D eigenvalue weighted by Gasteiger charge is 2.29. The van der Waals surface area contributed by atoms with E-state index >= 15 is 0 Å². The van der Waals surface area contributed by atoms with Gasteiger partial charge in [-0.05, 0) is 38.3 Å². The van der Waals surface area contributed by atoms with Gasteiger partial charge >= 0.3 is 6.09 Å². The van der Waals surface area contributed by atoms with Gasteiger partial charge in [0.15, 0.2) is 11.6 Å². The monoisotopic (exact) mass is 429 g/mol. The van der Waals surface area contributed by atoms with Gasteiger partial charge in [-0.25, -0.2) is 14.2 Å². The first-order valence-corrected chi connectivity index (χ1v) is 10.3. The maximum absolute atomic E-state index is 14.8. The molecule has 1 aliphatic rings. The molecular weight excluding hydrogens is 401 g/mol. The zero-order valence-electron chi connectivity index (χ0n) is 17.6. The second-order valence-corrected chi connectivity index (χ2v) is 8.29. The second kappa shape index (κ2) is 9.20. The molecule has 6 N–H and O–H groups in total. The van der Waals surface area contributed by atoms with E-state index in [0.29, 0.717) is 12.8 Å². The van der Waals surface area contributed by atoms with Crippen molar-refractivity contribution in [2.75, 3.05) is 11.1 Å². The number of amides is 2. The molecule has 1 aliphatic carbocycles. The van der Waals surface area contributed by atoms with Crippen LogP contribution in [0.3, 0.4) is 0 Å². The lowest BCUT2D eigenvalue weighted by atomic mass is 9.90. The average molecular weight is 429 g/mol. The molecule has 3 rings (SSSR count). The summed E-state index contributed by atoms with van der Waals surface area (Å²) in [5, 5.41) is 17.3. The number of rotatable bonds is 6. The highest BCUT2D eigenvalue weighted by Crippen LogP contribution is 2.26. The number of carbonyl (C=O) groups excluding carboxylic acids is 1. The van der Waals surface area contributed by atoms with Gasteiger partial charge in [0.25, 0.3) is 5.91 Å². The van der Waals surface area contributed by atoms with Crippen LogP contribution in [-0.2, 0) is 5.54 Å². The van der Waals surface area contributed by atoms with E-state index in [0.717, 1.165) is 24.5 Å². The molecule has 0 aliphatic heterocycles. The summed E-state index contributed by atoms with van der Waals surface area (Å²) in [6.45, 7) is 3.68. The predicted octanol–water partition coefficient (Wildman–Crippen LogP) is 3.46. The van der Waals surface area contributed by atoms with Crippen LogP contribution in [-0.4, -0.2) is 34.2 Å². The summed E-state index contributed by atoms with van der Waals surface area (Å²) in [5.74, 6) is -1.46. The quantitative estimate of drug-likeness (QED) is 0.478. The number of halogens is 1. The lowest BCUT2D eigenvalue weighted by Crippen LogP contribution is -2.48. The molecule has 166 valence electrons. The zero-order chi connectivity index (χ0) is 22.6. The molecule has 0 bridgehead atoms. The van der Waals surface area contributed by atoms with E-state index in [2.05, 4.69) is 20.9 Å². The molecular formula is C22H28FN5O3. The van der Waals surface area contributed by atoms with Crippen molar-refractivity contribution in [3.63, 3.8) is 0 Å². The molecule has 1 saturated carbocycles. The molecule has 0 radical (unpaired) electrons. The number of nitrogens with zero attached hydrogens (tertiary/aromatic N) is 1. The minimum absolute atomic E-state index is 0.0593. The average Bonchev–Trinajstić information content (AvgIpc) is 2.71. The number of hydrogen-bond acceptors (Lipinski definition) is 5. The SMILES string of the molecule is CC(C)(NC(=O)c1cc(F)c(NC2CCCCC2NC(=O)O)nc1N)c1ccccc1. The van der Waals surface area contributed by atoms with Gasteiger partial charge in [-0.2, -0.15) is 0 Å². The van der Waals surface area contributed by atoms with Crippen molar-refractivity contribution in [3.05, 3.63) is 53.3 Å². The summed E-state index contributed by atoms with van der Waals surface area (Å²) >= 11 is 0. The number of anilines is 2. The summed E-state index contributed by atoms with van der Waals surface area (Å²) in [4.78, 5) is 27.9. The van der Waals surface area contributed by atoms with Crippen molar-refractivity contribution >= 4 is 23.6 Å². The Morgan fingerprint density at radius 1 is 1.16 bits per heavy atom. The van der Waals surface area contributed by atoms with E-state index in [1.807, 2.05) is 44.2 Å². The number of aromatic nitrogens is 1. The van der Waals surface area contributed by atoms with Crippen molar-refractivity contribution < 1.29 is 19.1 Å². The molecule has 1 aromatic carbocycles. The number of hydrogen-bond donors (Lipinski definition) is 5. The Labute approximate surface area is 180 Å². The van der Waals surface area contributed by atoms with Crippen molar-refractivity contribution in [2.45, 2.75) is 57.2 Å². The lowest BCUT2D eigenvalue weighted by Gasteiger charge is -2.32. The maximum Gasteiger partial charge on any atom is 0.404 e. The van der Waals surface area contributed by atoms with Crippen LogP contribution in [0.5, 0.6) is 0 Å². The fourth-order valence-electron chi connectivity index (χ4n) is 3.87. The third-order valence-electron chi connectivity index (χ3n) is 5.57. The normalized spacial score (nSPS) is 18.8. The second-order valence-electron chi connectivity index (χ2n) is 8.29. The van der Waals surface area contributed by atoms with E-state index in [4.69, 9.17) is 10.8 Å². The first-order valence-electron chi connectivity index (χ1n) is 10.3. The molecule has 2 aromatic rings. The van der Waals surface area contributed by atoms with Crippen LogP contribution >= 0.6 is 0 Å². The Bertz CT molecular complexity index is 952. The van der Waals surface area contributed by atoms with Crippen LogP contribution in [0, 0.1) is 5.82 Å². The molecule has 8 nitrogen and oxygen atoms in total.